The van der Waals surface area contributed by atoms with Gasteiger partial charge < -0.3 is 9.52 Å². The molecule has 0 aliphatic heterocycles. The summed E-state index contributed by atoms with van der Waals surface area (Å²) >= 11 is 0. The molecule has 1 N–H and O–H groups in total. The summed E-state index contributed by atoms with van der Waals surface area (Å²) < 4.78 is 5.02. The lowest BCUT2D eigenvalue weighted by molar-refractivity contribution is -0.384. The zero-order valence-corrected chi connectivity index (χ0v) is 11.8. The number of hydrogen-bond acceptors (Lipinski definition) is 6. The van der Waals surface area contributed by atoms with Crippen LogP contribution in [0.1, 0.15) is 26.5 Å². The maximum Gasteiger partial charge on any atom is 0.362 e. The van der Waals surface area contributed by atoms with E-state index in [4.69, 9.17) is 4.42 Å². The zero-order chi connectivity index (χ0) is 15.8. The van der Waals surface area contributed by atoms with Gasteiger partial charge in [0.05, 0.1) is 16.7 Å². The SMILES string of the molecule is CC(C)(C)C(O)=Cc1nc2ccc([N+](=O)[O-])cc2oc1=O. The third kappa shape index (κ3) is 3.07. The lowest BCUT2D eigenvalue weighted by atomic mass is 9.93. The van der Waals surface area contributed by atoms with Gasteiger partial charge in [0.25, 0.3) is 5.69 Å². The molecule has 1 heterocycles. The highest BCUT2D eigenvalue weighted by Gasteiger charge is 2.18. The molecule has 0 aliphatic rings. The van der Waals surface area contributed by atoms with Gasteiger partial charge in [-0.3, -0.25) is 10.1 Å². The van der Waals surface area contributed by atoms with Crippen LogP contribution >= 0.6 is 0 Å². The monoisotopic (exact) mass is 290 g/mol. The number of aliphatic hydroxyl groups is 1. The molecule has 1 aromatic carbocycles. The van der Waals surface area contributed by atoms with Gasteiger partial charge in [0.1, 0.15) is 5.52 Å². The average molecular weight is 290 g/mol. The van der Waals surface area contributed by atoms with E-state index in [-0.39, 0.29) is 22.7 Å². The van der Waals surface area contributed by atoms with Crippen molar-refractivity contribution in [2.45, 2.75) is 20.8 Å². The first kappa shape index (κ1) is 14.7. The number of nitro benzene ring substituents is 1. The number of aromatic nitrogens is 1. The molecule has 21 heavy (non-hydrogen) atoms. The molecule has 0 saturated carbocycles. The number of allylic oxidation sites excluding steroid dienone is 1. The highest BCUT2D eigenvalue weighted by atomic mass is 16.6. The molecular weight excluding hydrogens is 276 g/mol. The van der Waals surface area contributed by atoms with E-state index in [0.717, 1.165) is 6.07 Å². The first-order valence-corrected chi connectivity index (χ1v) is 6.19. The van der Waals surface area contributed by atoms with Gasteiger partial charge in [0, 0.05) is 17.6 Å². The zero-order valence-electron chi connectivity index (χ0n) is 11.8. The fourth-order valence-corrected chi connectivity index (χ4v) is 1.56. The third-order valence-corrected chi connectivity index (χ3v) is 2.85. The minimum absolute atomic E-state index is 0.0106. The predicted molar refractivity (Wildman–Crippen MR) is 77.0 cm³/mol. The van der Waals surface area contributed by atoms with E-state index in [0.29, 0.717) is 5.52 Å². The van der Waals surface area contributed by atoms with Crippen molar-refractivity contribution in [3.63, 3.8) is 0 Å². The van der Waals surface area contributed by atoms with Gasteiger partial charge >= 0.3 is 5.63 Å². The van der Waals surface area contributed by atoms with Crippen LogP contribution < -0.4 is 5.63 Å². The number of benzene rings is 1. The Morgan fingerprint density at radius 1 is 1.43 bits per heavy atom. The van der Waals surface area contributed by atoms with E-state index in [9.17, 15) is 20.0 Å². The lowest BCUT2D eigenvalue weighted by Gasteiger charge is -2.16. The summed E-state index contributed by atoms with van der Waals surface area (Å²) in [5.41, 5.74) is -1.20. The predicted octanol–water partition coefficient (Wildman–Crippen LogP) is 3.04. The first-order valence-electron chi connectivity index (χ1n) is 6.19. The summed E-state index contributed by atoms with van der Waals surface area (Å²) in [6, 6.07) is 3.80. The summed E-state index contributed by atoms with van der Waals surface area (Å²) in [5, 5.41) is 20.6. The Kier molecular flexibility index (Phi) is 3.51. The largest absolute Gasteiger partial charge is 0.512 e. The molecule has 7 heteroatoms. The number of aliphatic hydroxyl groups excluding tert-OH is 1. The maximum atomic E-state index is 11.8. The molecule has 110 valence electrons. The first-order chi connectivity index (χ1) is 9.68. The second-order valence-corrected chi connectivity index (χ2v) is 5.58. The summed E-state index contributed by atoms with van der Waals surface area (Å²) in [4.78, 5) is 26.0. The van der Waals surface area contributed by atoms with E-state index < -0.39 is 16.0 Å². The summed E-state index contributed by atoms with van der Waals surface area (Å²) in [6.45, 7) is 5.35. The molecule has 0 bridgehead atoms. The van der Waals surface area contributed by atoms with Crippen molar-refractivity contribution in [1.29, 1.82) is 0 Å². The number of hydrogen-bond donors (Lipinski definition) is 1. The standard InChI is InChI=1S/C14H14N2O5/c1-14(2,3)12(17)7-10-13(18)21-11-6-8(16(19)20)4-5-9(11)15-10/h4-7,17H,1-3H3. The molecule has 0 spiro atoms. The Bertz CT molecular complexity index is 799. The van der Waals surface area contributed by atoms with Gasteiger partial charge in [-0.15, -0.1) is 0 Å². The van der Waals surface area contributed by atoms with Crippen molar-refractivity contribution in [2.75, 3.05) is 0 Å². The molecule has 0 radical (unpaired) electrons. The van der Waals surface area contributed by atoms with Crippen LogP contribution in [0.4, 0.5) is 5.69 Å². The van der Waals surface area contributed by atoms with Crippen LogP contribution in [-0.2, 0) is 0 Å². The molecule has 2 aromatic rings. The van der Waals surface area contributed by atoms with Gasteiger partial charge in [-0.25, -0.2) is 9.78 Å². The van der Waals surface area contributed by atoms with Crippen LogP contribution in [0, 0.1) is 15.5 Å². The van der Waals surface area contributed by atoms with Crippen molar-refractivity contribution >= 4 is 22.9 Å². The second kappa shape index (κ2) is 5.01. The van der Waals surface area contributed by atoms with Crippen LogP contribution in [0.25, 0.3) is 17.2 Å². The fourth-order valence-electron chi connectivity index (χ4n) is 1.56. The van der Waals surface area contributed by atoms with Crippen LogP contribution in [-0.4, -0.2) is 15.0 Å². The molecular formula is C14H14N2O5. The molecule has 0 unspecified atom stereocenters. The number of nitrogens with zero attached hydrogens (tertiary/aromatic N) is 2. The summed E-state index contributed by atoms with van der Waals surface area (Å²) in [5.74, 6) is -0.0106. The second-order valence-electron chi connectivity index (χ2n) is 5.58. The summed E-state index contributed by atoms with van der Waals surface area (Å²) in [7, 11) is 0. The Hall–Kier alpha value is -2.70. The van der Waals surface area contributed by atoms with Crippen LogP contribution in [0.15, 0.2) is 33.2 Å². The van der Waals surface area contributed by atoms with Gasteiger partial charge in [-0.2, -0.15) is 0 Å². The normalized spacial score (nSPS) is 12.6. The van der Waals surface area contributed by atoms with Crippen LogP contribution in [0.3, 0.4) is 0 Å². The van der Waals surface area contributed by atoms with Gasteiger partial charge in [-0.1, -0.05) is 20.8 Å². The number of fused-ring (bicyclic) bond motifs is 1. The van der Waals surface area contributed by atoms with E-state index in [1.165, 1.54) is 18.2 Å². The maximum absolute atomic E-state index is 11.8. The Morgan fingerprint density at radius 2 is 2.10 bits per heavy atom. The van der Waals surface area contributed by atoms with Crippen molar-refractivity contribution < 1.29 is 14.4 Å². The summed E-state index contributed by atoms with van der Waals surface area (Å²) in [6.07, 6.45) is 1.24. The molecule has 0 atom stereocenters. The van der Waals surface area contributed by atoms with Gasteiger partial charge in [0.15, 0.2) is 11.3 Å². The molecule has 7 nitrogen and oxygen atoms in total. The van der Waals surface area contributed by atoms with E-state index in [1.54, 1.807) is 20.8 Å². The van der Waals surface area contributed by atoms with Gasteiger partial charge in [-0.05, 0) is 6.07 Å². The van der Waals surface area contributed by atoms with Crippen molar-refractivity contribution in [3.05, 3.63) is 50.2 Å². The Labute approximate surface area is 119 Å². The highest BCUT2D eigenvalue weighted by Crippen LogP contribution is 2.24. The van der Waals surface area contributed by atoms with E-state index in [1.807, 2.05) is 0 Å². The minimum atomic E-state index is -0.765. The molecule has 2 rings (SSSR count). The number of nitro groups is 1. The van der Waals surface area contributed by atoms with E-state index in [2.05, 4.69) is 4.98 Å². The van der Waals surface area contributed by atoms with Gasteiger partial charge in [0.2, 0.25) is 0 Å². The molecule has 0 fully saturated rings. The molecule has 1 aromatic heterocycles. The highest BCUT2D eigenvalue weighted by molar-refractivity contribution is 5.75. The van der Waals surface area contributed by atoms with E-state index >= 15 is 0 Å². The van der Waals surface area contributed by atoms with Crippen LogP contribution in [0.5, 0.6) is 0 Å². The minimum Gasteiger partial charge on any atom is -0.512 e. The topological polar surface area (TPSA) is 106 Å². The quantitative estimate of drug-likeness (QED) is 0.517. The number of non-ortho nitro benzene ring substituents is 1. The van der Waals surface area contributed by atoms with Crippen molar-refractivity contribution in [1.82, 2.24) is 4.98 Å². The smallest absolute Gasteiger partial charge is 0.362 e. The average Bonchev–Trinajstić information content (AvgIpc) is 2.37. The third-order valence-electron chi connectivity index (χ3n) is 2.85. The number of rotatable bonds is 2. The fraction of sp³-hybridized carbons (Fsp3) is 0.286. The Balaban J connectivity index is 2.59. The van der Waals surface area contributed by atoms with Crippen LogP contribution in [0.2, 0.25) is 0 Å². The van der Waals surface area contributed by atoms with Crippen molar-refractivity contribution in [2.24, 2.45) is 5.41 Å². The van der Waals surface area contributed by atoms with Crippen molar-refractivity contribution in [3.8, 4) is 0 Å². The Morgan fingerprint density at radius 3 is 2.67 bits per heavy atom. The molecule has 0 amide bonds. The lowest BCUT2D eigenvalue weighted by Crippen LogP contribution is -2.12. The molecule has 0 aliphatic carbocycles. The molecule has 0 saturated heterocycles.